The zero-order valence-corrected chi connectivity index (χ0v) is 12.9. The van der Waals surface area contributed by atoms with Crippen molar-refractivity contribution in [3.05, 3.63) is 34.3 Å². The summed E-state index contributed by atoms with van der Waals surface area (Å²) in [6.07, 6.45) is 1.22. The predicted molar refractivity (Wildman–Crippen MR) is 82.2 cm³/mol. The van der Waals surface area contributed by atoms with Crippen molar-refractivity contribution in [2.24, 2.45) is 0 Å². The molecule has 0 saturated carbocycles. The highest BCUT2D eigenvalue weighted by molar-refractivity contribution is 6.31. The van der Waals surface area contributed by atoms with Crippen LogP contribution in [-0.4, -0.2) is 55.2 Å². The van der Waals surface area contributed by atoms with Gasteiger partial charge in [0.1, 0.15) is 0 Å². The molecule has 2 aliphatic heterocycles. The number of nitriles is 1. The Morgan fingerprint density at radius 3 is 2.81 bits per heavy atom. The fraction of sp³-hybridized carbons (Fsp3) is 0.562. The summed E-state index contributed by atoms with van der Waals surface area (Å²) in [4.78, 5) is 5.00. The highest BCUT2D eigenvalue weighted by atomic mass is 35.5. The molecule has 2 aliphatic rings. The first-order chi connectivity index (χ1) is 10.3. The van der Waals surface area contributed by atoms with Crippen molar-refractivity contribution in [1.82, 2.24) is 9.80 Å². The molecule has 1 aromatic carbocycles. The second kappa shape index (κ2) is 6.76. The molecule has 3 rings (SSSR count). The van der Waals surface area contributed by atoms with Crippen LogP contribution in [0.2, 0.25) is 5.02 Å². The maximum absolute atomic E-state index is 8.88. The highest BCUT2D eigenvalue weighted by Crippen LogP contribution is 2.23. The van der Waals surface area contributed by atoms with E-state index in [4.69, 9.17) is 21.6 Å². The molecule has 4 nitrogen and oxygen atoms in total. The van der Waals surface area contributed by atoms with Crippen molar-refractivity contribution in [2.75, 3.05) is 39.4 Å². The summed E-state index contributed by atoms with van der Waals surface area (Å²) in [6.45, 7) is 6.89. The van der Waals surface area contributed by atoms with Crippen LogP contribution in [0.5, 0.6) is 0 Å². The van der Waals surface area contributed by atoms with Crippen LogP contribution in [-0.2, 0) is 11.3 Å². The quantitative estimate of drug-likeness (QED) is 0.857. The SMILES string of the molecule is N#Cc1ccc(CN2CCC(N3CCOCC3)C2)c(Cl)c1. The first kappa shape index (κ1) is 14.8. The molecule has 21 heavy (non-hydrogen) atoms. The third kappa shape index (κ3) is 3.56. The van der Waals surface area contributed by atoms with Crippen molar-refractivity contribution >= 4 is 11.6 Å². The van der Waals surface area contributed by atoms with Gasteiger partial charge in [0.25, 0.3) is 0 Å². The highest BCUT2D eigenvalue weighted by Gasteiger charge is 2.28. The van der Waals surface area contributed by atoms with E-state index in [1.54, 1.807) is 6.07 Å². The molecule has 0 radical (unpaired) electrons. The number of ether oxygens (including phenoxy) is 1. The summed E-state index contributed by atoms with van der Waals surface area (Å²) in [5.41, 5.74) is 1.73. The van der Waals surface area contributed by atoms with Crippen molar-refractivity contribution < 1.29 is 4.74 Å². The molecule has 0 spiro atoms. The number of hydrogen-bond donors (Lipinski definition) is 0. The van der Waals surface area contributed by atoms with Crippen molar-refractivity contribution in [3.63, 3.8) is 0 Å². The average Bonchev–Trinajstić information content (AvgIpc) is 2.99. The molecule has 1 unspecified atom stereocenters. The van der Waals surface area contributed by atoms with E-state index in [1.807, 2.05) is 12.1 Å². The molecule has 2 fully saturated rings. The van der Waals surface area contributed by atoms with Gasteiger partial charge in [0.2, 0.25) is 0 Å². The van der Waals surface area contributed by atoms with Gasteiger partial charge in [-0.2, -0.15) is 5.26 Å². The molecule has 2 heterocycles. The zero-order chi connectivity index (χ0) is 14.7. The zero-order valence-electron chi connectivity index (χ0n) is 12.1. The molecule has 0 bridgehead atoms. The molecule has 112 valence electrons. The lowest BCUT2D eigenvalue weighted by atomic mass is 10.1. The van der Waals surface area contributed by atoms with Gasteiger partial charge in [-0.3, -0.25) is 9.80 Å². The molecule has 5 heteroatoms. The number of likely N-dealkylation sites (tertiary alicyclic amines) is 1. The Hall–Kier alpha value is -1.12. The van der Waals surface area contributed by atoms with E-state index in [0.717, 1.165) is 51.5 Å². The summed E-state index contributed by atoms with van der Waals surface area (Å²) in [5, 5.41) is 9.58. The summed E-state index contributed by atoms with van der Waals surface area (Å²) >= 11 is 6.27. The van der Waals surface area contributed by atoms with Crippen LogP contribution in [0.3, 0.4) is 0 Å². The number of benzene rings is 1. The molecular weight excluding hydrogens is 286 g/mol. The summed E-state index contributed by atoms with van der Waals surface area (Å²) in [5.74, 6) is 0. The van der Waals surface area contributed by atoms with Crippen molar-refractivity contribution in [2.45, 2.75) is 19.0 Å². The minimum absolute atomic E-state index is 0.622. The molecule has 0 N–H and O–H groups in total. The van der Waals surface area contributed by atoms with Gasteiger partial charge < -0.3 is 4.74 Å². The average molecular weight is 306 g/mol. The topological polar surface area (TPSA) is 39.5 Å². The Morgan fingerprint density at radius 1 is 1.29 bits per heavy atom. The second-order valence-electron chi connectivity index (χ2n) is 5.74. The predicted octanol–water partition coefficient (Wildman–Crippen LogP) is 2.12. The number of hydrogen-bond acceptors (Lipinski definition) is 4. The second-order valence-corrected chi connectivity index (χ2v) is 6.15. The molecule has 1 aromatic rings. The minimum atomic E-state index is 0.622. The Morgan fingerprint density at radius 2 is 2.10 bits per heavy atom. The normalized spacial score (nSPS) is 24.1. The Labute approximate surface area is 130 Å². The van der Waals surface area contributed by atoms with E-state index in [-0.39, 0.29) is 0 Å². The fourth-order valence-corrected chi connectivity index (χ4v) is 3.42. The van der Waals surface area contributed by atoms with Gasteiger partial charge in [-0.05, 0) is 24.1 Å². The molecule has 2 saturated heterocycles. The van der Waals surface area contributed by atoms with E-state index in [1.165, 1.54) is 6.42 Å². The molecule has 0 amide bonds. The van der Waals surface area contributed by atoms with Crippen LogP contribution in [0.4, 0.5) is 0 Å². The van der Waals surface area contributed by atoms with Gasteiger partial charge in [0.05, 0.1) is 24.8 Å². The maximum Gasteiger partial charge on any atom is 0.0992 e. The van der Waals surface area contributed by atoms with E-state index >= 15 is 0 Å². The summed E-state index contributed by atoms with van der Waals surface area (Å²) < 4.78 is 5.42. The molecule has 0 aromatic heterocycles. The maximum atomic E-state index is 8.88. The lowest BCUT2D eigenvalue weighted by Crippen LogP contribution is -2.44. The summed E-state index contributed by atoms with van der Waals surface area (Å²) in [7, 11) is 0. The number of halogens is 1. The standard InChI is InChI=1S/C16H20ClN3O/c17-16-9-13(10-18)1-2-14(16)11-19-4-3-15(12-19)20-5-7-21-8-6-20/h1-2,9,15H,3-8,11-12H2. The van der Waals surface area contributed by atoms with Gasteiger partial charge in [-0.1, -0.05) is 17.7 Å². The summed E-state index contributed by atoms with van der Waals surface area (Å²) in [6, 6.07) is 8.34. The number of nitrogens with zero attached hydrogens (tertiary/aromatic N) is 3. The lowest BCUT2D eigenvalue weighted by molar-refractivity contribution is 0.0184. The minimum Gasteiger partial charge on any atom is -0.379 e. The van der Waals surface area contributed by atoms with Crippen molar-refractivity contribution in [1.29, 1.82) is 5.26 Å². The smallest absolute Gasteiger partial charge is 0.0992 e. The monoisotopic (exact) mass is 305 g/mol. The van der Waals surface area contributed by atoms with Crippen LogP contribution < -0.4 is 0 Å². The van der Waals surface area contributed by atoms with Crippen LogP contribution in [0.1, 0.15) is 17.5 Å². The van der Waals surface area contributed by atoms with Crippen LogP contribution in [0.25, 0.3) is 0 Å². The third-order valence-corrected chi connectivity index (χ3v) is 4.74. The van der Waals surface area contributed by atoms with Crippen LogP contribution in [0.15, 0.2) is 18.2 Å². The number of morpholine rings is 1. The fourth-order valence-electron chi connectivity index (χ4n) is 3.18. The number of rotatable bonds is 3. The molecule has 0 aliphatic carbocycles. The van der Waals surface area contributed by atoms with Gasteiger partial charge in [0.15, 0.2) is 0 Å². The van der Waals surface area contributed by atoms with Gasteiger partial charge in [0, 0.05) is 43.8 Å². The molecular formula is C16H20ClN3O. The van der Waals surface area contributed by atoms with Gasteiger partial charge in [-0.25, -0.2) is 0 Å². The first-order valence-electron chi connectivity index (χ1n) is 7.49. The Kier molecular flexibility index (Phi) is 4.77. The van der Waals surface area contributed by atoms with Crippen molar-refractivity contribution in [3.8, 4) is 6.07 Å². The van der Waals surface area contributed by atoms with Gasteiger partial charge in [-0.15, -0.1) is 0 Å². The van der Waals surface area contributed by atoms with E-state index in [2.05, 4.69) is 15.9 Å². The van der Waals surface area contributed by atoms with Gasteiger partial charge >= 0.3 is 0 Å². The largest absolute Gasteiger partial charge is 0.379 e. The van der Waals surface area contributed by atoms with Crippen LogP contribution in [0, 0.1) is 11.3 Å². The Bertz CT molecular complexity index is 537. The van der Waals surface area contributed by atoms with E-state index < -0.39 is 0 Å². The molecule has 1 atom stereocenters. The third-order valence-electron chi connectivity index (χ3n) is 4.39. The van der Waals surface area contributed by atoms with Crippen LogP contribution >= 0.6 is 11.6 Å². The van der Waals surface area contributed by atoms with E-state index in [0.29, 0.717) is 16.6 Å². The lowest BCUT2D eigenvalue weighted by Gasteiger charge is -2.32. The first-order valence-corrected chi connectivity index (χ1v) is 7.87. The van der Waals surface area contributed by atoms with E-state index in [9.17, 15) is 0 Å². The Balaban J connectivity index is 1.58.